The molecule has 0 amide bonds. The van der Waals surface area contributed by atoms with Crippen molar-refractivity contribution in [3.63, 3.8) is 0 Å². The van der Waals surface area contributed by atoms with Gasteiger partial charge in [-0.1, -0.05) is 30.3 Å². The summed E-state index contributed by atoms with van der Waals surface area (Å²) in [5, 5.41) is 7.22. The van der Waals surface area contributed by atoms with Crippen molar-refractivity contribution in [3.05, 3.63) is 35.9 Å². The van der Waals surface area contributed by atoms with E-state index in [0.717, 1.165) is 24.6 Å². The summed E-state index contributed by atoms with van der Waals surface area (Å²) in [5.41, 5.74) is 1.13. The van der Waals surface area contributed by atoms with E-state index < -0.39 is 10.8 Å². The van der Waals surface area contributed by atoms with Gasteiger partial charge in [0.15, 0.2) is 5.96 Å². The van der Waals surface area contributed by atoms with E-state index in [1.165, 1.54) is 18.6 Å². The van der Waals surface area contributed by atoms with Gasteiger partial charge in [-0.2, -0.15) is 11.8 Å². The highest BCUT2D eigenvalue weighted by Gasteiger charge is 2.14. The summed E-state index contributed by atoms with van der Waals surface area (Å²) in [4.78, 5) is 4.65. The fourth-order valence-electron chi connectivity index (χ4n) is 2.44. The lowest BCUT2D eigenvalue weighted by Crippen LogP contribution is -2.39. The predicted octanol–water partition coefficient (Wildman–Crippen LogP) is 2.39. The highest BCUT2D eigenvalue weighted by atomic mass is 32.2. The lowest BCUT2D eigenvalue weighted by molar-refractivity contribution is 0.680. The average Bonchev–Trinajstić information content (AvgIpc) is 3.07. The number of rotatable bonds is 8. The molecule has 6 heteroatoms. The largest absolute Gasteiger partial charge is 0.357 e. The molecule has 1 saturated heterocycles. The molecule has 2 rings (SSSR count). The third-order valence-corrected chi connectivity index (χ3v) is 6.31. The van der Waals surface area contributed by atoms with Crippen LogP contribution >= 0.6 is 11.8 Å². The molecule has 1 aromatic carbocycles. The van der Waals surface area contributed by atoms with Crippen LogP contribution in [0.2, 0.25) is 0 Å². The van der Waals surface area contributed by atoms with Gasteiger partial charge in [0.05, 0.1) is 6.54 Å². The van der Waals surface area contributed by atoms with Crippen molar-refractivity contribution in [1.82, 2.24) is 10.6 Å². The van der Waals surface area contributed by atoms with Crippen LogP contribution in [0.4, 0.5) is 0 Å². The van der Waals surface area contributed by atoms with Crippen molar-refractivity contribution in [1.29, 1.82) is 0 Å². The van der Waals surface area contributed by atoms with Crippen LogP contribution < -0.4 is 10.6 Å². The van der Waals surface area contributed by atoms with Crippen LogP contribution in [0.15, 0.2) is 35.3 Å². The highest BCUT2D eigenvalue weighted by Crippen LogP contribution is 2.25. The Kier molecular flexibility index (Phi) is 8.53. The Morgan fingerprint density at radius 1 is 1.35 bits per heavy atom. The van der Waals surface area contributed by atoms with Crippen LogP contribution in [-0.4, -0.2) is 46.6 Å². The molecule has 128 valence electrons. The van der Waals surface area contributed by atoms with Crippen molar-refractivity contribution in [3.8, 4) is 0 Å². The van der Waals surface area contributed by atoms with E-state index in [1.54, 1.807) is 0 Å². The summed E-state index contributed by atoms with van der Waals surface area (Å²) >= 11 is 2.02. The number of hydrogen-bond acceptors (Lipinski definition) is 3. The standard InChI is InChI=1S/C17H27N3OS2/c1-2-18-17(20-13-16-9-6-11-22-16)19-10-12-23(21)14-15-7-4-3-5-8-15/h3-5,7-8,16H,2,6,9-14H2,1H3,(H2,18,19,20). The van der Waals surface area contributed by atoms with Gasteiger partial charge in [0.1, 0.15) is 0 Å². The maximum absolute atomic E-state index is 12.1. The fourth-order valence-corrected chi connectivity index (χ4v) is 4.66. The Bertz CT molecular complexity index is 502. The number of aliphatic imine (C=N–C) groups is 1. The molecule has 2 atom stereocenters. The molecule has 0 spiro atoms. The van der Waals surface area contributed by atoms with E-state index >= 15 is 0 Å². The summed E-state index contributed by atoms with van der Waals surface area (Å²) in [6.07, 6.45) is 2.59. The van der Waals surface area contributed by atoms with Gasteiger partial charge in [-0.25, -0.2) is 0 Å². The molecule has 0 aliphatic carbocycles. The molecule has 4 nitrogen and oxygen atoms in total. The Hall–Kier alpha value is -1.01. The number of nitrogens with zero attached hydrogens (tertiary/aromatic N) is 1. The van der Waals surface area contributed by atoms with Crippen molar-refractivity contribution in [2.24, 2.45) is 4.99 Å². The monoisotopic (exact) mass is 353 g/mol. The normalized spacial score (nSPS) is 19.5. The maximum atomic E-state index is 12.1. The van der Waals surface area contributed by atoms with Crippen LogP contribution in [0.1, 0.15) is 25.3 Å². The van der Waals surface area contributed by atoms with E-state index in [4.69, 9.17) is 0 Å². The topological polar surface area (TPSA) is 53.5 Å². The fraction of sp³-hybridized carbons (Fsp3) is 0.588. The second-order valence-electron chi connectivity index (χ2n) is 5.56. The number of benzene rings is 1. The van der Waals surface area contributed by atoms with Gasteiger partial charge < -0.3 is 10.6 Å². The molecule has 1 aromatic rings. The minimum atomic E-state index is -0.847. The number of nitrogens with one attached hydrogen (secondary N) is 2. The van der Waals surface area contributed by atoms with Crippen LogP contribution in [0, 0.1) is 0 Å². The molecular weight excluding hydrogens is 326 g/mol. The van der Waals surface area contributed by atoms with Crippen molar-refractivity contribution in [2.75, 3.05) is 31.1 Å². The van der Waals surface area contributed by atoms with E-state index in [2.05, 4.69) is 22.5 Å². The molecule has 23 heavy (non-hydrogen) atoms. The maximum Gasteiger partial charge on any atom is 0.191 e. The Morgan fingerprint density at radius 3 is 2.87 bits per heavy atom. The number of hydrogen-bond donors (Lipinski definition) is 2. The minimum Gasteiger partial charge on any atom is -0.357 e. The van der Waals surface area contributed by atoms with Crippen LogP contribution in [-0.2, 0) is 16.6 Å². The quantitative estimate of drug-likeness (QED) is 0.557. The number of thioether (sulfide) groups is 1. The van der Waals surface area contributed by atoms with Crippen molar-refractivity contribution < 1.29 is 4.21 Å². The van der Waals surface area contributed by atoms with Gasteiger partial charge in [0.25, 0.3) is 0 Å². The van der Waals surface area contributed by atoms with Crippen molar-refractivity contribution >= 4 is 28.5 Å². The zero-order valence-corrected chi connectivity index (χ0v) is 15.4. The first-order valence-electron chi connectivity index (χ1n) is 8.30. The van der Waals surface area contributed by atoms with Crippen LogP contribution in [0.3, 0.4) is 0 Å². The molecule has 2 unspecified atom stereocenters. The number of guanidine groups is 1. The van der Waals surface area contributed by atoms with Gasteiger partial charge in [-0.3, -0.25) is 9.20 Å². The molecule has 1 aliphatic rings. The summed E-state index contributed by atoms with van der Waals surface area (Å²) in [6.45, 7) is 4.46. The smallest absolute Gasteiger partial charge is 0.191 e. The third-order valence-electron chi connectivity index (χ3n) is 3.61. The van der Waals surface area contributed by atoms with Crippen LogP contribution in [0.5, 0.6) is 0 Å². The Balaban J connectivity index is 1.70. The molecule has 0 saturated carbocycles. The lowest BCUT2D eigenvalue weighted by Gasteiger charge is -2.12. The third kappa shape index (κ3) is 7.40. The molecule has 0 radical (unpaired) electrons. The second kappa shape index (κ2) is 10.7. The molecular formula is C17H27N3OS2. The van der Waals surface area contributed by atoms with Gasteiger partial charge in [0, 0.05) is 40.6 Å². The molecule has 1 heterocycles. The molecule has 2 N–H and O–H groups in total. The zero-order valence-electron chi connectivity index (χ0n) is 13.8. The van der Waals surface area contributed by atoms with Crippen molar-refractivity contribution in [2.45, 2.75) is 30.8 Å². The average molecular weight is 354 g/mol. The molecule has 0 aromatic heterocycles. The van der Waals surface area contributed by atoms with E-state index in [9.17, 15) is 4.21 Å². The summed E-state index contributed by atoms with van der Waals surface area (Å²) < 4.78 is 12.1. The Labute approximate surface area is 146 Å². The van der Waals surface area contributed by atoms with E-state index in [1.807, 2.05) is 42.1 Å². The lowest BCUT2D eigenvalue weighted by atomic mass is 10.2. The molecule has 1 fully saturated rings. The van der Waals surface area contributed by atoms with E-state index in [-0.39, 0.29) is 0 Å². The second-order valence-corrected chi connectivity index (χ2v) is 8.54. The van der Waals surface area contributed by atoms with Crippen LogP contribution in [0.25, 0.3) is 0 Å². The molecule has 1 aliphatic heterocycles. The first kappa shape index (κ1) is 18.3. The first-order valence-corrected chi connectivity index (χ1v) is 10.8. The van der Waals surface area contributed by atoms with E-state index in [0.29, 0.717) is 23.3 Å². The minimum absolute atomic E-state index is 0.620. The molecule has 0 bridgehead atoms. The zero-order chi connectivity index (χ0) is 16.3. The first-order chi connectivity index (χ1) is 11.3. The highest BCUT2D eigenvalue weighted by molar-refractivity contribution is 8.00. The summed E-state index contributed by atoms with van der Waals surface area (Å²) in [5.74, 6) is 3.37. The van der Waals surface area contributed by atoms with Gasteiger partial charge in [-0.05, 0) is 31.1 Å². The van der Waals surface area contributed by atoms with Gasteiger partial charge in [0.2, 0.25) is 0 Å². The van der Waals surface area contributed by atoms with Gasteiger partial charge >= 0.3 is 0 Å². The predicted molar refractivity (Wildman–Crippen MR) is 103 cm³/mol. The SMILES string of the molecule is CCNC(=NCC1CCCS1)NCCS(=O)Cc1ccccc1. The Morgan fingerprint density at radius 2 is 2.17 bits per heavy atom. The van der Waals surface area contributed by atoms with Gasteiger partial charge in [-0.15, -0.1) is 0 Å². The summed E-state index contributed by atoms with van der Waals surface area (Å²) in [6, 6.07) is 10.0. The summed E-state index contributed by atoms with van der Waals surface area (Å²) in [7, 11) is -0.847.